The van der Waals surface area contributed by atoms with Gasteiger partial charge in [0.25, 0.3) is 0 Å². The smallest absolute Gasteiger partial charge is 0.323 e. The second-order valence-electron chi connectivity index (χ2n) is 3.39. The van der Waals surface area contributed by atoms with Gasteiger partial charge in [-0.2, -0.15) is 0 Å². The van der Waals surface area contributed by atoms with Crippen molar-refractivity contribution >= 4 is 11.9 Å². The molecule has 1 amide bonds. The van der Waals surface area contributed by atoms with E-state index in [0.29, 0.717) is 6.54 Å². The monoisotopic (exact) mass is 202 g/mol. The molecule has 82 valence electrons. The molecule has 14 heavy (non-hydrogen) atoms. The molecule has 1 atom stereocenters. The van der Waals surface area contributed by atoms with Crippen LogP contribution in [0.5, 0.6) is 0 Å². The first-order valence-electron chi connectivity index (χ1n) is 4.72. The maximum atomic E-state index is 11.5. The second-order valence-corrected chi connectivity index (χ2v) is 3.39. The van der Waals surface area contributed by atoms with Crippen molar-refractivity contribution in [1.82, 2.24) is 4.90 Å². The van der Waals surface area contributed by atoms with E-state index in [9.17, 15) is 9.59 Å². The highest BCUT2D eigenvalue weighted by molar-refractivity contribution is 5.81. The summed E-state index contributed by atoms with van der Waals surface area (Å²) in [4.78, 5) is 23.2. The van der Waals surface area contributed by atoms with Crippen molar-refractivity contribution < 1.29 is 14.7 Å². The van der Waals surface area contributed by atoms with Crippen LogP contribution in [0.3, 0.4) is 0 Å². The fourth-order valence-corrected chi connectivity index (χ4v) is 1.13. The van der Waals surface area contributed by atoms with Gasteiger partial charge in [0.1, 0.15) is 6.54 Å². The van der Waals surface area contributed by atoms with Gasteiger partial charge in [0.2, 0.25) is 5.91 Å². The van der Waals surface area contributed by atoms with Gasteiger partial charge in [-0.1, -0.05) is 6.92 Å². The first-order valence-corrected chi connectivity index (χ1v) is 4.72. The number of hydrogen-bond acceptors (Lipinski definition) is 3. The van der Waals surface area contributed by atoms with E-state index in [-0.39, 0.29) is 24.9 Å². The van der Waals surface area contributed by atoms with Crippen LogP contribution in [-0.2, 0) is 9.59 Å². The van der Waals surface area contributed by atoms with E-state index >= 15 is 0 Å². The van der Waals surface area contributed by atoms with E-state index in [1.807, 2.05) is 6.92 Å². The van der Waals surface area contributed by atoms with Crippen LogP contribution in [0.15, 0.2) is 0 Å². The predicted octanol–water partition coefficient (Wildman–Crippen LogP) is 0.0469. The van der Waals surface area contributed by atoms with Crippen LogP contribution in [0.2, 0.25) is 0 Å². The lowest BCUT2D eigenvalue weighted by atomic mass is 10.2. The third-order valence-corrected chi connectivity index (χ3v) is 1.67. The second kappa shape index (κ2) is 6.37. The maximum Gasteiger partial charge on any atom is 0.323 e. The van der Waals surface area contributed by atoms with E-state index < -0.39 is 5.97 Å². The van der Waals surface area contributed by atoms with Gasteiger partial charge in [0.05, 0.1) is 0 Å². The summed E-state index contributed by atoms with van der Waals surface area (Å²) in [6.45, 7) is 3.86. The Morgan fingerprint density at radius 2 is 2.07 bits per heavy atom. The Bertz CT molecular complexity index is 204. The Hall–Kier alpha value is -1.10. The lowest BCUT2D eigenvalue weighted by molar-refractivity contribution is -0.144. The highest BCUT2D eigenvalue weighted by atomic mass is 16.4. The summed E-state index contributed by atoms with van der Waals surface area (Å²) in [5.41, 5.74) is 5.46. The minimum Gasteiger partial charge on any atom is -0.480 e. The summed E-state index contributed by atoms with van der Waals surface area (Å²) in [7, 11) is 0. The standard InChI is InChI=1S/C9H18N2O3/c1-3-4-11(6-9(13)14)8(12)5-7(2)10/h7H,3-6,10H2,1-2H3,(H,13,14). The fourth-order valence-electron chi connectivity index (χ4n) is 1.13. The van der Waals surface area contributed by atoms with Crippen LogP contribution in [-0.4, -0.2) is 41.0 Å². The first-order chi connectivity index (χ1) is 6.47. The molecule has 0 aliphatic carbocycles. The summed E-state index contributed by atoms with van der Waals surface area (Å²) in [6.07, 6.45) is 0.950. The minimum atomic E-state index is -0.989. The van der Waals surface area contributed by atoms with E-state index in [0.717, 1.165) is 6.42 Å². The zero-order chi connectivity index (χ0) is 11.1. The molecule has 0 aromatic rings. The number of rotatable bonds is 6. The molecule has 0 bridgehead atoms. The SMILES string of the molecule is CCCN(CC(=O)O)C(=O)CC(C)N. The highest BCUT2D eigenvalue weighted by Crippen LogP contribution is 1.98. The Labute approximate surface area is 83.9 Å². The van der Waals surface area contributed by atoms with Crippen molar-refractivity contribution in [3.63, 3.8) is 0 Å². The van der Waals surface area contributed by atoms with Crippen molar-refractivity contribution in [2.75, 3.05) is 13.1 Å². The molecule has 5 heteroatoms. The Morgan fingerprint density at radius 1 is 1.50 bits per heavy atom. The fraction of sp³-hybridized carbons (Fsp3) is 0.778. The molecule has 0 saturated heterocycles. The number of amides is 1. The Kier molecular flexibility index (Phi) is 5.87. The number of carbonyl (C=O) groups excluding carboxylic acids is 1. The summed E-state index contributed by atoms with van der Waals surface area (Å²) < 4.78 is 0. The number of nitrogens with two attached hydrogens (primary N) is 1. The van der Waals surface area contributed by atoms with Crippen molar-refractivity contribution in [3.8, 4) is 0 Å². The number of nitrogens with zero attached hydrogens (tertiary/aromatic N) is 1. The number of aliphatic carboxylic acids is 1. The molecule has 0 aromatic heterocycles. The summed E-state index contributed by atoms with van der Waals surface area (Å²) >= 11 is 0. The Morgan fingerprint density at radius 3 is 2.43 bits per heavy atom. The van der Waals surface area contributed by atoms with E-state index in [1.54, 1.807) is 6.92 Å². The molecule has 0 rings (SSSR count). The molecule has 5 nitrogen and oxygen atoms in total. The molecule has 0 aliphatic rings. The van der Waals surface area contributed by atoms with Crippen molar-refractivity contribution in [3.05, 3.63) is 0 Å². The first kappa shape index (κ1) is 12.9. The molecule has 0 fully saturated rings. The molecule has 0 spiro atoms. The van der Waals surface area contributed by atoms with Gasteiger partial charge >= 0.3 is 5.97 Å². The average Bonchev–Trinajstić information content (AvgIpc) is 2.01. The molecule has 0 heterocycles. The molecule has 0 radical (unpaired) electrons. The van der Waals surface area contributed by atoms with Gasteiger partial charge in [-0.3, -0.25) is 9.59 Å². The number of hydrogen-bond donors (Lipinski definition) is 2. The topological polar surface area (TPSA) is 83.6 Å². The molecule has 1 unspecified atom stereocenters. The van der Waals surface area contributed by atoms with Crippen LogP contribution in [0, 0.1) is 0 Å². The molecule has 3 N–H and O–H groups in total. The lowest BCUT2D eigenvalue weighted by Gasteiger charge is -2.20. The van der Waals surface area contributed by atoms with Crippen LogP contribution in [0.25, 0.3) is 0 Å². The quantitative estimate of drug-likeness (QED) is 0.637. The number of carbonyl (C=O) groups is 2. The Balaban J connectivity index is 4.17. The van der Waals surface area contributed by atoms with Crippen LogP contribution < -0.4 is 5.73 Å². The molecule has 0 aliphatic heterocycles. The van der Waals surface area contributed by atoms with E-state index in [4.69, 9.17) is 10.8 Å². The van der Waals surface area contributed by atoms with E-state index in [1.165, 1.54) is 4.90 Å². The number of carboxylic acid groups (broad SMARTS) is 1. The zero-order valence-electron chi connectivity index (χ0n) is 8.69. The van der Waals surface area contributed by atoms with Gasteiger partial charge in [-0.05, 0) is 13.3 Å². The lowest BCUT2D eigenvalue weighted by Crippen LogP contribution is -2.38. The normalized spacial score (nSPS) is 12.2. The van der Waals surface area contributed by atoms with Gasteiger partial charge in [0.15, 0.2) is 0 Å². The van der Waals surface area contributed by atoms with Gasteiger partial charge in [-0.15, -0.1) is 0 Å². The number of carboxylic acids is 1. The molecular weight excluding hydrogens is 184 g/mol. The van der Waals surface area contributed by atoms with Crippen molar-refractivity contribution in [2.45, 2.75) is 32.7 Å². The molecule has 0 aromatic carbocycles. The predicted molar refractivity (Wildman–Crippen MR) is 52.8 cm³/mol. The molecular formula is C9H18N2O3. The van der Waals surface area contributed by atoms with E-state index in [2.05, 4.69) is 0 Å². The van der Waals surface area contributed by atoms with Crippen molar-refractivity contribution in [2.24, 2.45) is 5.73 Å². The van der Waals surface area contributed by atoms with Crippen molar-refractivity contribution in [1.29, 1.82) is 0 Å². The van der Waals surface area contributed by atoms with Gasteiger partial charge < -0.3 is 15.7 Å². The maximum absolute atomic E-state index is 11.5. The third kappa shape index (κ3) is 5.53. The minimum absolute atomic E-state index is 0.191. The van der Waals surface area contributed by atoms with Crippen LogP contribution in [0.1, 0.15) is 26.7 Å². The van der Waals surface area contributed by atoms with Crippen LogP contribution in [0.4, 0.5) is 0 Å². The zero-order valence-corrected chi connectivity index (χ0v) is 8.69. The highest BCUT2D eigenvalue weighted by Gasteiger charge is 2.16. The average molecular weight is 202 g/mol. The largest absolute Gasteiger partial charge is 0.480 e. The summed E-state index contributed by atoms with van der Waals surface area (Å²) in [6, 6.07) is -0.226. The van der Waals surface area contributed by atoms with Crippen LogP contribution >= 0.6 is 0 Å². The summed E-state index contributed by atoms with van der Waals surface area (Å²) in [5, 5.41) is 8.57. The van der Waals surface area contributed by atoms with Gasteiger partial charge in [-0.25, -0.2) is 0 Å². The summed E-state index contributed by atoms with van der Waals surface area (Å²) in [5.74, 6) is -1.18. The third-order valence-electron chi connectivity index (χ3n) is 1.67. The van der Waals surface area contributed by atoms with Gasteiger partial charge in [0, 0.05) is 19.0 Å². The molecule has 0 saturated carbocycles.